The van der Waals surface area contributed by atoms with E-state index >= 15 is 0 Å². The van der Waals surface area contributed by atoms with E-state index in [1.165, 1.54) is 0 Å². The molecule has 1 aliphatic rings. The molecule has 3 rings (SSSR count). The molecule has 0 radical (unpaired) electrons. The quantitative estimate of drug-likeness (QED) is 0.705. The van der Waals surface area contributed by atoms with E-state index in [4.69, 9.17) is 0 Å². The highest BCUT2D eigenvalue weighted by atomic mass is 15.5. The zero-order chi connectivity index (χ0) is 10.3. The number of nitrogens with zero attached hydrogens (tertiary/aromatic N) is 3. The summed E-state index contributed by atoms with van der Waals surface area (Å²) in [6.45, 7) is 2.00. The lowest BCUT2D eigenvalue weighted by Crippen LogP contribution is -2.10. The van der Waals surface area contributed by atoms with Gasteiger partial charge in [0.05, 0.1) is 11.0 Å². The highest BCUT2D eigenvalue weighted by Gasteiger charge is 2.10. The minimum absolute atomic E-state index is 0.685. The zero-order valence-corrected chi connectivity index (χ0v) is 8.31. The summed E-state index contributed by atoms with van der Waals surface area (Å²) in [5.74, 6) is 0.685. The lowest BCUT2D eigenvalue weighted by atomic mass is 10.3. The fourth-order valence-corrected chi connectivity index (χ4v) is 1.64. The van der Waals surface area contributed by atoms with Crippen molar-refractivity contribution in [1.82, 2.24) is 9.66 Å². The maximum absolute atomic E-state index is 4.42. The zero-order valence-electron chi connectivity index (χ0n) is 8.31. The number of hydrogen-bond donors (Lipinski definition) is 1. The van der Waals surface area contributed by atoms with Gasteiger partial charge in [0.15, 0.2) is 0 Å². The van der Waals surface area contributed by atoms with E-state index in [0.717, 1.165) is 16.7 Å². The number of aliphatic imine (C=N–C) groups is 1. The second-order valence-electron chi connectivity index (χ2n) is 3.48. The molecule has 0 atom stereocenters. The van der Waals surface area contributed by atoms with Crippen LogP contribution in [-0.4, -0.2) is 15.9 Å². The molecule has 0 bridgehead atoms. The van der Waals surface area contributed by atoms with E-state index in [1.54, 1.807) is 6.21 Å². The Hall–Kier alpha value is -2.10. The Kier molecular flexibility index (Phi) is 1.62. The molecule has 2 heterocycles. The predicted octanol–water partition coefficient (Wildman–Crippen LogP) is 2.20. The molecule has 4 heteroatoms. The van der Waals surface area contributed by atoms with Crippen LogP contribution < -0.4 is 5.43 Å². The van der Waals surface area contributed by atoms with Gasteiger partial charge in [0.2, 0.25) is 5.95 Å². The third-order valence-corrected chi connectivity index (χ3v) is 2.35. The summed E-state index contributed by atoms with van der Waals surface area (Å²) >= 11 is 0. The minimum atomic E-state index is 0.685. The van der Waals surface area contributed by atoms with Gasteiger partial charge in [0, 0.05) is 11.9 Å². The number of fused-ring (bicyclic) bond motifs is 3. The molecule has 0 spiro atoms. The van der Waals surface area contributed by atoms with Crippen molar-refractivity contribution in [1.29, 1.82) is 0 Å². The molecule has 1 N–H and O–H groups in total. The lowest BCUT2D eigenvalue weighted by Gasteiger charge is -2.07. The van der Waals surface area contributed by atoms with Gasteiger partial charge in [-0.05, 0) is 25.1 Å². The Labute approximate surface area is 86.9 Å². The standard InChI is InChI=1S/C11H10N4/c1-8-6-7-12-11-13-9-4-2-3-5-10(9)15(11)14-8/h2-7,14H,1H3. The Balaban J connectivity index is 2.32. The first-order valence-electron chi connectivity index (χ1n) is 4.80. The summed E-state index contributed by atoms with van der Waals surface area (Å²) in [5, 5.41) is 0. The van der Waals surface area contributed by atoms with Crippen molar-refractivity contribution in [2.75, 3.05) is 5.43 Å². The summed E-state index contributed by atoms with van der Waals surface area (Å²) in [4.78, 5) is 8.68. The first-order valence-corrected chi connectivity index (χ1v) is 4.80. The Morgan fingerprint density at radius 1 is 1.27 bits per heavy atom. The SMILES string of the molecule is CC1=CC=Nc2nc3ccccc3n2N1. The maximum Gasteiger partial charge on any atom is 0.249 e. The number of hydrogen-bond acceptors (Lipinski definition) is 3. The number of aromatic nitrogens is 2. The molecule has 0 saturated carbocycles. The monoisotopic (exact) mass is 198 g/mol. The summed E-state index contributed by atoms with van der Waals surface area (Å²) in [6.07, 6.45) is 3.68. The molecule has 1 aliphatic heterocycles. The normalized spacial score (nSPS) is 14.3. The van der Waals surface area contributed by atoms with Crippen LogP contribution in [0.5, 0.6) is 0 Å². The molecule has 74 valence electrons. The van der Waals surface area contributed by atoms with E-state index in [0.29, 0.717) is 5.95 Å². The molecule has 15 heavy (non-hydrogen) atoms. The number of allylic oxidation sites excluding steroid dienone is 2. The van der Waals surface area contributed by atoms with Gasteiger partial charge in [-0.15, -0.1) is 0 Å². The molecule has 1 aromatic carbocycles. The summed E-state index contributed by atoms with van der Waals surface area (Å²) < 4.78 is 1.89. The number of benzene rings is 1. The number of rotatable bonds is 0. The van der Waals surface area contributed by atoms with Gasteiger partial charge in [-0.2, -0.15) is 0 Å². The maximum atomic E-state index is 4.42. The van der Waals surface area contributed by atoms with Gasteiger partial charge < -0.3 is 0 Å². The van der Waals surface area contributed by atoms with E-state index in [-0.39, 0.29) is 0 Å². The predicted molar refractivity (Wildman–Crippen MR) is 61.0 cm³/mol. The molecule has 0 aliphatic carbocycles. The van der Waals surface area contributed by atoms with Crippen LogP contribution in [0, 0.1) is 0 Å². The van der Waals surface area contributed by atoms with Crippen molar-refractivity contribution in [2.45, 2.75) is 6.92 Å². The van der Waals surface area contributed by atoms with Crippen molar-refractivity contribution < 1.29 is 0 Å². The van der Waals surface area contributed by atoms with E-state index in [2.05, 4.69) is 15.4 Å². The molecular weight excluding hydrogens is 188 g/mol. The van der Waals surface area contributed by atoms with Crippen LogP contribution in [0.2, 0.25) is 0 Å². The summed E-state index contributed by atoms with van der Waals surface area (Å²) in [5.41, 5.74) is 6.27. The van der Waals surface area contributed by atoms with Gasteiger partial charge in [-0.3, -0.25) is 5.43 Å². The third-order valence-electron chi connectivity index (χ3n) is 2.35. The molecule has 0 amide bonds. The van der Waals surface area contributed by atoms with E-state index < -0.39 is 0 Å². The van der Waals surface area contributed by atoms with Crippen molar-refractivity contribution in [3.05, 3.63) is 36.0 Å². The summed E-state index contributed by atoms with van der Waals surface area (Å²) in [6, 6.07) is 7.97. The Morgan fingerprint density at radius 2 is 2.13 bits per heavy atom. The number of para-hydroxylation sites is 2. The lowest BCUT2D eigenvalue weighted by molar-refractivity contribution is 0.952. The van der Waals surface area contributed by atoms with Crippen molar-refractivity contribution in [3.63, 3.8) is 0 Å². The van der Waals surface area contributed by atoms with Crippen molar-refractivity contribution in [2.24, 2.45) is 4.99 Å². The third kappa shape index (κ3) is 1.22. The molecule has 0 unspecified atom stereocenters. The van der Waals surface area contributed by atoms with Gasteiger partial charge in [-0.25, -0.2) is 14.7 Å². The largest absolute Gasteiger partial charge is 0.295 e. The van der Waals surface area contributed by atoms with Crippen LogP contribution >= 0.6 is 0 Å². The molecule has 0 saturated heterocycles. The fraction of sp³-hybridized carbons (Fsp3) is 0.0909. The van der Waals surface area contributed by atoms with Gasteiger partial charge in [-0.1, -0.05) is 12.1 Å². The van der Waals surface area contributed by atoms with Crippen molar-refractivity contribution in [3.8, 4) is 0 Å². The highest BCUT2D eigenvalue weighted by molar-refractivity contribution is 5.82. The second-order valence-corrected chi connectivity index (χ2v) is 3.48. The second kappa shape index (κ2) is 2.95. The van der Waals surface area contributed by atoms with E-state index in [9.17, 15) is 0 Å². The van der Waals surface area contributed by atoms with Crippen LogP contribution in [0.3, 0.4) is 0 Å². The smallest absolute Gasteiger partial charge is 0.249 e. The van der Waals surface area contributed by atoms with E-state index in [1.807, 2.05) is 41.9 Å². The van der Waals surface area contributed by atoms with Gasteiger partial charge in [0.25, 0.3) is 0 Å². The fourth-order valence-electron chi connectivity index (χ4n) is 1.64. The molecule has 0 fully saturated rings. The van der Waals surface area contributed by atoms with Crippen molar-refractivity contribution >= 4 is 23.2 Å². The van der Waals surface area contributed by atoms with Crippen LogP contribution in [0.15, 0.2) is 41.0 Å². The Bertz CT molecular complexity index is 577. The van der Waals surface area contributed by atoms with Crippen LogP contribution in [0.4, 0.5) is 5.95 Å². The Morgan fingerprint density at radius 3 is 3.07 bits per heavy atom. The number of imidazole rings is 1. The number of nitrogens with one attached hydrogen (secondary N) is 1. The first kappa shape index (κ1) is 8.23. The molecular formula is C11H10N4. The minimum Gasteiger partial charge on any atom is -0.295 e. The molecule has 2 aromatic rings. The van der Waals surface area contributed by atoms with Gasteiger partial charge >= 0.3 is 0 Å². The first-order chi connectivity index (χ1) is 7.34. The van der Waals surface area contributed by atoms with Gasteiger partial charge in [0.1, 0.15) is 0 Å². The van der Waals surface area contributed by atoms with Crippen LogP contribution in [0.25, 0.3) is 11.0 Å². The molecule has 1 aromatic heterocycles. The van der Waals surface area contributed by atoms with Crippen LogP contribution in [-0.2, 0) is 0 Å². The topological polar surface area (TPSA) is 42.2 Å². The average molecular weight is 198 g/mol. The summed E-state index contributed by atoms with van der Waals surface area (Å²) in [7, 11) is 0. The molecule has 4 nitrogen and oxygen atoms in total. The highest BCUT2D eigenvalue weighted by Crippen LogP contribution is 2.21. The average Bonchev–Trinajstić information content (AvgIpc) is 2.47. The van der Waals surface area contributed by atoms with Crippen LogP contribution in [0.1, 0.15) is 6.92 Å².